The molecule has 31 heavy (non-hydrogen) atoms. The normalized spacial score (nSPS) is 16.1. The molecule has 166 valence electrons. The number of hydrogen-bond acceptors (Lipinski definition) is 6. The van der Waals surface area contributed by atoms with E-state index in [0.717, 1.165) is 23.1 Å². The fraction of sp³-hybridized carbons (Fsp3) is 0.364. The summed E-state index contributed by atoms with van der Waals surface area (Å²) >= 11 is 0. The Balaban J connectivity index is 1.96. The topological polar surface area (TPSA) is 97.3 Å². The van der Waals surface area contributed by atoms with Crippen molar-refractivity contribution < 1.29 is 22.7 Å². The Hall–Kier alpha value is -3.07. The van der Waals surface area contributed by atoms with Gasteiger partial charge in [0.1, 0.15) is 11.5 Å². The number of nitrogens with zero attached hydrogens (tertiary/aromatic N) is 2. The van der Waals surface area contributed by atoms with E-state index in [-0.39, 0.29) is 11.9 Å². The van der Waals surface area contributed by atoms with Crippen molar-refractivity contribution in [2.24, 2.45) is 5.10 Å². The molecule has 0 saturated heterocycles. The van der Waals surface area contributed by atoms with Crippen molar-refractivity contribution >= 4 is 27.3 Å². The number of carbonyl (C=O) groups is 1. The van der Waals surface area contributed by atoms with Gasteiger partial charge in [-0.3, -0.25) is 9.52 Å². The van der Waals surface area contributed by atoms with Gasteiger partial charge >= 0.3 is 0 Å². The number of nitrogens with one attached hydrogen (secondary N) is 1. The summed E-state index contributed by atoms with van der Waals surface area (Å²) in [4.78, 5) is 12.8. The van der Waals surface area contributed by atoms with Crippen LogP contribution in [-0.2, 0) is 14.8 Å². The van der Waals surface area contributed by atoms with Crippen LogP contribution in [0.2, 0.25) is 0 Å². The van der Waals surface area contributed by atoms with Gasteiger partial charge in [-0.05, 0) is 42.3 Å². The molecule has 1 N–H and O–H groups in total. The van der Waals surface area contributed by atoms with E-state index in [2.05, 4.69) is 9.82 Å². The molecule has 2 aromatic carbocycles. The minimum atomic E-state index is -3.35. The summed E-state index contributed by atoms with van der Waals surface area (Å²) in [6, 6.07) is 12.1. The van der Waals surface area contributed by atoms with Crippen LogP contribution in [0.5, 0.6) is 11.5 Å². The molecule has 0 radical (unpaired) electrons. The molecular formula is C22H27N3O5S. The van der Waals surface area contributed by atoms with Crippen LogP contribution in [0.25, 0.3) is 0 Å². The van der Waals surface area contributed by atoms with Crippen molar-refractivity contribution in [1.29, 1.82) is 0 Å². The smallest absolute Gasteiger partial charge is 0.243 e. The van der Waals surface area contributed by atoms with E-state index >= 15 is 0 Å². The summed E-state index contributed by atoms with van der Waals surface area (Å²) in [7, 11) is -0.171. The van der Waals surface area contributed by atoms with Gasteiger partial charge in [0.2, 0.25) is 15.9 Å². The van der Waals surface area contributed by atoms with Gasteiger partial charge in [-0.25, -0.2) is 13.4 Å². The molecule has 9 heteroatoms. The highest BCUT2D eigenvalue weighted by Crippen LogP contribution is 2.39. The van der Waals surface area contributed by atoms with Crippen LogP contribution < -0.4 is 14.2 Å². The van der Waals surface area contributed by atoms with Crippen molar-refractivity contribution in [3.63, 3.8) is 0 Å². The molecular weight excluding hydrogens is 418 g/mol. The quantitative estimate of drug-likeness (QED) is 0.670. The van der Waals surface area contributed by atoms with Crippen LogP contribution in [-0.4, -0.2) is 45.5 Å². The Labute approximate surface area is 182 Å². The number of sulfonamides is 1. The highest BCUT2D eigenvalue weighted by Gasteiger charge is 2.34. The number of hydrazone groups is 1. The van der Waals surface area contributed by atoms with Crippen LogP contribution in [0.3, 0.4) is 0 Å². The largest absolute Gasteiger partial charge is 0.497 e. The lowest BCUT2D eigenvalue weighted by atomic mass is 9.97. The molecule has 1 heterocycles. The molecule has 1 aliphatic rings. The zero-order valence-electron chi connectivity index (χ0n) is 18.1. The summed E-state index contributed by atoms with van der Waals surface area (Å²) in [6.45, 7) is 1.95. The average molecular weight is 446 g/mol. The van der Waals surface area contributed by atoms with Gasteiger partial charge in [0, 0.05) is 24.1 Å². The number of amides is 1. The monoisotopic (exact) mass is 445 g/mol. The molecule has 0 aliphatic carbocycles. The Bertz CT molecular complexity index is 1080. The third-order valence-corrected chi connectivity index (χ3v) is 5.55. The zero-order chi connectivity index (χ0) is 22.6. The first-order valence-corrected chi connectivity index (χ1v) is 11.8. The molecule has 0 aromatic heterocycles. The number of anilines is 1. The number of hydrogen-bond donors (Lipinski definition) is 1. The van der Waals surface area contributed by atoms with E-state index in [4.69, 9.17) is 9.47 Å². The SMILES string of the molecule is CCCC(=O)N1N=C(c2ccc(NS(C)(=O)=O)cc2)C[C@@H]1c1cc(OC)ccc1OC. The molecule has 0 saturated carbocycles. The van der Waals surface area contributed by atoms with Crippen LogP contribution in [0, 0.1) is 0 Å². The molecule has 1 amide bonds. The lowest BCUT2D eigenvalue weighted by Gasteiger charge is -2.24. The van der Waals surface area contributed by atoms with Gasteiger partial charge < -0.3 is 9.47 Å². The molecule has 1 aliphatic heterocycles. The molecule has 0 fully saturated rings. The molecule has 2 aromatic rings. The summed E-state index contributed by atoms with van der Waals surface area (Å²) < 4.78 is 36.2. The Morgan fingerprint density at radius 2 is 1.87 bits per heavy atom. The van der Waals surface area contributed by atoms with Crippen LogP contribution in [0.4, 0.5) is 5.69 Å². The summed E-state index contributed by atoms with van der Waals surface area (Å²) in [6.07, 6.45) is 2.70. The molecule has 0 spiro atoms. The van der Waals surface area contributed by atoms with Crippen molar-refractivity contribution in [1.82, 2.24) is 5.01 Å². The predicted molar refractivity (Wildman–Crippen MR) is 120 cm³/mol. The number of benzene rings is 2. The maximum absolute atomic E-state index is 12.8. The van der Waals surface area contributed by atoms with Gasteiger partial charge in [0.05, 0.1) is 32.2 Å². The predicted octanol–water partition coefficient (Wildman–Crippen LogP) is 3.55. The number of methoxy groups -OCH3 is 2. The van der Waals surface area contributed by atoms with Crippen molar-refractivity contribution in [2.45, 2.75) is 32.2 Å². The lowest BCUT2D eigenvalue weighted by molar-refractivity contribution is -0.133. The van der Waals surface area contributed by atoms with E-state index < -0.39 is 10.0 Å². The second-order valence-electron chi connectivity index (χ2n) is 7.31. The molecule has 0 bridgehead atoms. The molecule has 0 unspecified atom stereocenters. The summed E-state index contributed by atoms with van der Waals surface area (Å²) in [5.74, 6) is 1.26. The third-order valence-electron chi connectivity index (χ3n) is 4.95. The Kier molecular flexibility index (Phi) is 6.84. The van der Waals surface area contributed by atoms with Gasteiger partial charge in [-0.15, -0.1) is 0 Å². The minimum Gasteiger partial charge on any atom is -0.497 e. The second kappa shape index (κ2) is 9.38. The van der Waals surface area contributed by atoms with Crippen molar-refractivity contribution in [3.8, 4) is 11.5 Å². The van der Waals surface area contributed by atoms with E-state index in [9.17, 15) is 13.2 Å². The first-order valence-electron chi connectivity index (χ1n) is 9.95. The number of carbonyl (C=O) groups excluding carboxylic acids is 1. The second-order valence-corrected chi connectivity index (χ2v) is 9.06. The highest BCUT2D eigenvalue weighted by atomic mass is 32.2. The van der Waals surface area contributed by atoms with Crippen LogP contribution in [0.1, 0.15) is 43.4 Å². The number of rotatable bonds is 8. The maximum Gasteiger partial charge on any atom is 0.243 e. The third kappa shape index (κ3) is 5.35. The van der Waals surface area contributed by atoms with Crippen molar-refractivity contribution in [3.05, 3.63) is 53.6 Å². The fourth-order valence-electron chi connectivity index (χ4n) is 3.53. The van der Waals surface area contributed by atoms with Gasteiger partial charge in [-0.2, -0.15) is 5.10 Å². The van der Waals surface area contributed by atoms with Crippen LogP contribution >= 0.6 is 0 Å². The summed E-state index contributed by atoms with van der Waals surface area (Å²) in [5, 5.41) is 6.16. The van der Waals surface area contributed by atoms with Crippen molar-refractivity contribution in [2.75, 3.05) is 25.2 Å². The van der Waals surface area contributed by atoms with E-state index in [1.165, 1.54) is 5.01 Å². The Morgan fingerprint density at radius 1 is 1.16 bits per heavy atom. The molecule has 3 rings (SSSR count). The standard InChI is InChI=1S/C22H27N3O5S/c1-5-6-22(26)25-20(18-13-17(29-2)11-12-21(18)30-3)14-19(23-25)15-7-9-16(10-8-15)24-31(4,27)28/h7-13,20,24H,5-6,14H2,1-4H3/t20-/m1/s1. The van der Waals surface area contributed by atoms with E-state index in [0.29, 0.717) is 36.4 Å². The highest BCUT2D eigenvalue weighted by molar-refractivity contribution is 7.92. The summed E-state index contributed by atoms with van der Waals surface area (Å²) in [5.41, 5.74) is 2.85. The fourth-order valence-corrected chi connectivity index (χ4v) is 4.09. The molecule has 8 nitrogen and oxygen atoms in total. The minimum absolute atomic E-state index is 0.0669. The maximum atomic E-state index is 12.8. The first kappa shape index (κ1) is 22.6. The van der Waals surface area contributed by atoms with Crippen LogP contribution in [0.15, 0.2) is 47.6 Å². The van der Waals surface area contributed by atoms with Gasteiger partial charge in [0.25, 0.3) is 0 Å². The van der Waals surface area contributed by atoms with Gasteiger partial charge in [0.15, 0.2) is 0 Å². The zero-order valence-corrected chi connectivity index (χ0v) is 18.9. The van der Waals surface area contributed by atoms with E-state index in [1.54, 1.807) is 38.5 Å². The lowest BCUT2D eigenvalue weighted by Crippen LogP contribution is -2.27. The average Bonchev–Trinajstić information content (AvgIpc) is 3.18. The Morgan fingerprint density at radius 3 is 2.45 bits per heavy atom. The van der Waals surface area contributed by atoms with E-state index in [1.807, 2.05) is 25.1 Å². The number of ether oxygens (including phenoxy) is 2. The first-order chi connectivity index (χ1) is 14.8. The van der Waals surface area contributed by atoms with Gasteiger partial charge in [-0.1, -0.05) is 19.1 Å². The molecule has 1 atom stereocenters.